The third kappa shape index (κ3) is 3.80. The van der Waals surface area contributed by atoms with Crippen LogP contribution in [0.5, 0.6) is 0 Å². The van der Waals surface area contributed by atoms with Gasteiger partial charge in [0, 0.05) is 23.6 Å². The van der Waals surface area contributed by atoms with Crippen molar-refractivity contribution >= 4 is 0 Å². The zero-order valence-electron chi connectivity index (χ0n) is 15.2. The van der Waals surface area contributed by atoms with E-state index in [1.165, 1.54) is 12.1 Å². The van der Waals surface area contributed by atoms with Crippen molar-refractivity contribution in [3.8, 4) is 11.1 Å². The molecule has 1 heterocycles. The molecule has 5 heteroatoms. The van der Waals surface area contributed by atoms with Crippen LogP contribution in [0.4, 0.5) is 8.78 Å². The van der Waals surface area contributed by atoms with Crippen LogP contribution in [0.25, 0.3) is 11.1 Å². The molecule has 0 radical (unpaired) electrons. The number of aliphatic hydroxyl groups is 1. The van der Waals surface area contributed by atoms with Gasteiger partial charge in [0.1, 0.15) is 11.6 Å². The lowest BCUT2D eigenvalue weighted by atomic mass is 9.82. The largest absolute Gasteiger partial charge is 0.393 e. The Labute approximate surface area is 153 Å². The number of nitrogens with zero attached hydrogens (tertiary/aromatic N) is 1. The number of aliphatic hydroxyl groups excluding tert-OH is 1. The Morgan fingerprint density at radius 1 is 1.23 bits per heavy atom. The summed E-state index contributed by atoms with van der Waals surface area (Å²) in [6.07, 6.45) is 0.702. The number of hydrogen-bond acceptors (Lipinski definition) is 3. The van der Waals surface area contributed by atoms with E-state index in [2.05, 4.69) is 4.90 Å². The van der Waals surface area contributed by atoms with E-state index in [4.69, 9.17) is 5.73 Å². The molecule has 3 rings (SSSR count). The minimum Gasteiger partial charge on any atom is -0.393 e. The van der Waals surface area contributed by atoms with Crippen molar-refractivity contribution in [1.82, 2.24) is 4.90 Å². The number of likely N-dealkylation sites (N-methyl/N-ethyl adjacent to an activating group) is 1. The molecule has 2 aromatic carbocycles. The van der Waals surface area contributed by atoms with Crippen LogP contribution in [0.3, 0.4) is 0 Å². The van der Waals surface area contributed by atoms with Crippen molar-refractivity contribution in [1.29, 1.82) is 0 Å². The van der Waals surface area contributed by atoms with E-state index in [0.29, 0.717) is 23.1 Å². The first kappa shape index (κ1) is 19.0. The summed E-state index contributed by atoms with van der Waals surface area (Å²) >= 11 is 0. The summed E-state index contributed by atoms with van der Waals surface area (Å²) in [5.41, 5.74) is 7.71. The number of benzene rings is 2. The van der Waals surface area contributed by atoms with Crippen molar-refractivity contribution in [3.63, 3.8) is 0 Å². The number of hydrogen-bond donors (Lipinski definition) is 2. The van der Waals surface area contributed by atoms with Gasteiger partial charge < -0.3 is 15.7 Å². The molecule has 26 heavy (non-hydrogen) atoms. The summed E-state index contributed by atoms with van der Waals surface area (Å²) in [6, 6.07) is 11.0. The predicted octanol–water partition coefficient (Wildman–Crippen LogP) is 3.52. The fraction of sp³-hybridized carbons (Fsp3) is 0.429. The molecule has 1 saturated heterocycles. The Balaban J connectivity index is 2.06. The number of nitrogens with two attached hydrogens (primary N) is 1. The molecule has 0 spiro atoms. The normalized spacial score (nSPS) is 23.2. The zero-order valence-corrected chi connectivity index (χ0v) is 15.2. The van der Waals surface area contributed by atoms with Gasteiger partial charge in [0.2, 0.25) is 0 Å². The summed E-state index contributed by atoms with van der Waals surface area (Å²) in [5.74, 6) is -0.993. The first-order chi connectivity index (χ1) is 12.4. The second-order valence-electron chi connectivity index (χ2n) is 7.33. The van der Waals surface area contributed by atoms with Crippen LogP contribution in [0.2, 0.25) is 0 Å². The van der Waals surface area contributed by atoms with Gasteiger partial charge in [0.05, 0.1) is 6.10 Å². The highest BCUT2D eigenvalue weighted by Gasteiger charge is 2.38. The highest BCUT2D eigenvalue weighted by molar-refractivity contribution is 5.65. The molecular formula is C21H26F2N2O. The summed E-state index contributed by atoms with van der Waals surface area (Å²) < 4.78 is 29.0. The smallest absolute Gasteiger partial charge is 0.134 e. The van der Waals surface area contributed by atoms with E-state index in [9.17, 15) is 9.50 Å². The maximum atomic E-state index is 15.4. The third-order valence-electron chi connectivity index (χ3n) is 5.33. The Kier molecular flexibility index (Phi) is 5.70. The first-order valence-corrected chi connectivity index (χ1v) is 9.06. The standard InChI is InChI=1S/C21H26F2N2O/c1-13(26)11-18(21-19(24)9-10-25(21)2)17-8-4-7-16(20(17)23)14-5-3-6-15(22)12-14/h3-8,12-13,18-19,21,26H,9-11,24H2,1-2H3/t13?,18?,19?,21-/m0/s1. The van der Waals surface area contributed by atoms with Crippen molar-refractivity contribution < 1.29 is 13.9 Å². The lowest BCUT2D eigenvalue weighted by molar-refractivity contribution is 0.146. The fourth-order valence-electron chi connectivity index (χ4n) is 4.14. The van der Waals surface area contributed by atoms with E-state index in [-0.39, 0.29) is 23.8 Å². The van der Waals surface area contributed by atoms with Crippen LogP contribution in [0.15, 0.2) is 42.5 Å². The van der Waals surface area contributed by atoms with E-state index < -0.39 is 11.9 Å². The van der Waals surface area contributed by atoms with Crippen molar-refractivity contribution in [2.45, 2.75) is 43.9 Å². The van der Waals surface area contributed by atoms with Crippen LogP contribution < -0.4 is 5.73 Å². The summed E-state index contributed by atoms with van der Waals surface area (Å²) in [5, 5.41) is 10.00. The van der Waals surface area contributed by atoms with Crippen molar-refractivity contribution in [2.75, 3.05) is 13.6 Å². The molecule has 3 N–H and O–H groups in total. The summed E-state index contributed by atoms with van der Waals surface area (Å²) in [7, 11) is 1.99. The zero-order chi connectivity index (χ0) is 18.8. The average molecular weight is 360 g/mol. The maximum Gasteiger partial charge on any atom is 0.134 e. The molecule has 0 aliphatic carbocycles. The van der Waals surface area contributed by atoms with Gasteiger partial charge in [0.25, 0.3) is 0 Å². The van der Waals surface area contributed by atoms with E-state index >= 15 is 4.39 Å². The number of likely N-dealkylation sites (tertiary alicyclic amines) is 1. The molecule has 1 fully saturated rings. The molecule has 140 valence electrons. The van der Waals surface area contributed by atoms with Gasteiger partial charge in [-0.15, -0.1) is 0 Å². The van der Waals surface area contributed by atoms with Gasteiger partial charge >= 0.3 is 0 Å². The predicted molar refractivity (Wildman–Crippen MR) is 99.8 cm³/mol. The van der Waals surface area contributed by atoms with Crippen LogP contribution in [-0.2, 0) is 0 Å². The van der Waals surface area contributed by atoms with E-state index in [1.807, 2.05) is 7.05 Å². The monoisotopic (exact) mass is 360 g/mol. The van der Waals surface area contributed by atoms with Gasteiger partial charge in [-0.1, -0.05) is 30.3 Å². The molecule has 0 bridgehead atoms. The van der Waals surface area contributed by atoms with Gasteiger partial charge in [0.15, 0.2) is 0 Å². The minimum absolute atomic E-state index is 0.0399. The summed E-state index contributed by atoms with van der Waals surface area (Å²) in [4.78, 5) is 2.14. The fourth-order valence-corrected chi connectivity index (χ4v) is 4.14. The Morgan fingerprint density at radius 2 is 1.96 bits per heavy atom. The van der Waals surface area contributed by atoms with Gasteiger partial charge in [-0.05, 0) is 56.6 Å². The molecule has 1 aliphatic heterocycles. The second-order valence-corrected chi connectivity index (χ2v) is 7.33. The Hall–Kier alpha value is -1.82. The highest BCUT2D eigenvalue weighted by Crippen LogP contribution is 2.37. The van der Waals surface area contributed by atoms with Crippen molar-refractivity contribution in [3.05, 3.63) is 59.7 Å². The topological polar surface area (TPSA) is 49.5 Å². The Bertz CT molecular complexity index is 755. The van der Waals surface area contributed by atoms with Crippen LogP contribution in [0.1, 0.15) is 31.2 Å². The van der Waals surface area contributed by atoms with Crippen LogP contribution >= 0.6 is 0 Å². The van der Waals surface area contributed by atoms with Gasteiger partial charge in [-0.25, -0.2) is 8.78 Å². The molecule has 0 aromatic heterocycles. The van der Waals surface area contributed by atoms with Gasteiger partial charge in [-0.2, -0.15) is 0 Å². The molecule has 3 nitrogen and oxygen atoms in total. The lowest BCUT2D eigenvalue weighted by Crippen LogP contribution is -2.43. The number of halogens is 2. The van der Waals surface area contributed by atoms with Gasteiger partial charge in [-0.3, -0.25) is 0 Å². The molecular weight excluding hydrogens is 334 g/mol. The van der Waals surface area contributed by atoms with Crippen molar-refractivity contribution in [2.24, 2.45) is 5.73 Å². The maximum absolute atomic E-state index is 15.4. The lowest BCUT2D eigenvalue weighted by Gasteiger charge is -2.33. The molecule has 1 aliphatic rings. The van der Waals surface area contributed by atoms with Crippen LogP contribution in [0, 0.1) is 11.6 Å². The highest BCUT2D eigenvalue weighted by atomic mass is 19.1. The average Bonchev–Trinajstić information content (AvgIpc) is 2.92. The number of rotatable bonds is 5. The SMILES string of the molecule is CC(O)CC(c1cccc(-c2cccc(F)c2)c1F)[C@H]1C(N)CCN1C. The molecule has 4 atom stereocenters. The van der Waals surface area contributed by atoms with E-state index in [1.54, 1.807) is 37.3 Å². The molecule has 2 aromatic rings. The molecule has 0 saturated carbocycles. The molecule has 0 amide bonds. The quantitative estimate of drug-likeness (QED) is 0.858. The first-order valence-electron chi connectivity index (χ1n) is 9.06. The summed E-state index contributed by atoms with van der Waals surface area (Å²) in [6.45, 7) is 2.56. The van der Waals surface area contributed by atoms with Crippen LogP contribution in [-0.4, -0.2) is 41.8 Å². The Morgan fingerprint density at radius 3 is 2.58 bits per heavy atom. The second kappa shape index (κ2) is 7.82. The third-order valence-corrected chi connectivity index (χ3v) is 5.33. The minimum atomic E-state index is -0.571. The molecule has 3 unspecified atom stereocenters. The van der Waals surface area contributed by atoms with E-state index in [0.717, 1.165) is 13.0 Å².